The quantitative estimate of drug-likeness (QED) is 0.514. The Morgan fingerprint density at radius 2 is 1.31 bits per heavy atom. The minimum Gasteiger partial charge on any atom is -0.257 e. The maximum atomic E-state index is 13.0. The molecular weight excluding hydrogens is 169 g/mol. The molecule has 0 heterocycles. The number of alkyl halides is 2. The van der Waals surface area contributed by atoms with Gasteiger partial charge in [-0.05, 0) is 12.8 Å². The van der Waals surface area contributed by atoms with Gasteiger partial charge in [-0.2, -0.15) is 0 Å². The zero-order valence-corrected chi connectivity index (χ0v) is 8.86. The van der Waals surface area contributed by atoms with Gasteiger partial charge in [0.25, 0.3) is 0 Å². The molecule has 0 aliphatic rings. The first-order valence-corrected chi connectivity index (χ1v) is 5.48. The molecular formula is C10H21BF2. The van der Waals surface area contributed by atoms with Gasteiger partial charge < -0.3 is 0 Å². The fourth-order valence-electron chi connectivity index (χ4n) is 1.36. The summed E-state index contributed by atoms with van der Waals surface area (Å²) < 4.78 is 26.1. The van der Waals surface area contributed by atoms with E-state index in [-0.39, 0.29) is 7.28 Å². The Morgan fingerprint density at radius 1 is 0.923 bits per heavy atom. The molecule has 0 radical (unpaired) electrons. The first-order valence-electron chi connectivity index (χ1n) is 5.48. The van der Waals surface area contributed by atoms with Crippen molar-refractivity contribution in [2.45, 2.75) is 64.5 Å². The Labute approximate surface area is 81.3 Å². The average molecular weight is 190 g/mol. The summed E-state index contributed by atoms with van der Waals surface area (Å²) in [5.74, 6) is 0. The number of hydrogen-bond donors (Lipinski definition) is 0. The highest BCUT2D eigenvalue weighted by Gasteiger charge is 2.16. The topological polar surface area (TPSA) is 0 Å². The van der Waals surface area contributed by atoms with Crippen LogP contribution in [0.1, 0.15) is 52.4 Å². The van der Waals surface area contributed by atoms with Crippen molar-refractivity contribution in [2.24, 2.45) is 0 Å². The SMILES string of the molecule is CCCCC(F)BC(F)CCCC. The second-order valence-electron chi connectivity index (χ2n) is 3.71. The smallest absolute Gasteiger partial charge is 0.206 e. The summed E-state index contributed by atoms with van der Waals surface area (Å²) in [5.41, 5.74) is 0. The zero-order chi connectivity index (χ0) is 10.1. The standard InChI is InChI=1S/C10H21BF2/c1-3-5-7-9(12)11-10(13)8-6-4-2/h9-11H,3-8H2,1-2H3. The normalized spacial score (nSPS) is 15.4. The molecule has 3 heteroatoms. The highest BCUT2D eigenvalue weighted by Crippen LogP contribution is 2.09. The van der Waals surface area contributed by atoms with Gasteiger partial charge in [0.2, 0.25) is 7.28 Å². The summed E-state index contributed by atoms with van der Waals surface area (Å²) in [7, 11) is 0.111. The maximum Gasteiger partial charge on any atom is 0.206 e. The van der Waals surface area contributed by atoms with Gasteiger partial charge in [0.05, 0.1) is 12.1 Å². The van der Waals surface area contributed by atoms with Gasteiger partial charge in [0, 0.05) is 0 Å². The van der Waals surface area contributed by atoms with Crippen molar-refractivity contribution >= 4 is 7.28 Å². The van der Waals surface area contributed by atoms with E-state index in [0.717, 1.165) is 25.7 Å². The van der Waals surface area contributed by atoms with Crippen LogP contribution in [0.4, 0.5) is 8.78 Å². The lowest BCUT2D eigenvalue weighted by Gasteiger charge is -2.09. The third-order valence-electron chi connectivity index (χ3n) is 2.25. The minimum atomic E-state index is -0.924. The molecule has 0 amide bonds. The van der Waals surface area contributed by atoms with E-state index in [1.165, 1.54) is 0 Å². The molecule has 0 aliphatic carbocycles. The van der Waals surface area contributed by atoms with Crippen LogP contribution in [-0.4, -0.2) is 19.4 Å². The molecule has 0 spiro atoms. The molecule has 0 aromatic heterocycles. The van der Waals surface area contributed by atoms with Crippen LogP contribution in [-0.2, 0) is 0 Å². The first-order chi connectivity index (χ1) is 6.20. The summed E-state index contributed by atoms with van der Waals surface area (Å²) in [6.45, 7) is 4.05. The van der Waals surface area contributed by atoms with E-state index in [1.54, 1.807) is 0 Å². The third kappa shape index (κ3) is 8.26. The molecule has 0 aromatic rings. The Morgan fingerprint density at radius 3 is 1.62 bits per heavy atom. The monoisotopic (exact) mass is 190 g/mol. The van der Waals surface area contributed by atoms with Crippen LogP contribution < -0.4 is 0 Å². The molecule has 0 fully saturated rings. The van der Waals surface area contributed by atoms with E-state index in [0.29, 0.717) is 12.8 Å². The molecule has 0 N–H and O–H groups in total. The Bertz CT molecular complexity index is 97.1. The van der Waals surface area contributed by atoms with Crippen LogP contribution in [0, 0.1) is 0 Å². The van der Waals surface area contributed by atoms with E-state index in [9.17, 15) is 8.78 Å². The molecule has 2 atom stereocenters. The number of halogens is 2. The molecule has 0 aromatic carbocycles. The van der Waals surface area contributed by atoms with Crippen molar-refractivity contribution < 1.29 is 8.78 Å². The van der Waals surface area contributed by atoms with Gasteiger partial charge in [-0.25, -0.2) is 0 Å². The van der Waals surface area contributed by atoms with Gasteiger partial charge in [-0.15, -0.1) is 0 Å². The fraction of sp³-hybridized carbons (Fsp3) is 1.00. The highest BCUT2D eigenvalue weighted by atomic mass is 19.1. The van der Waals surface area contributed by atoms with E-state index in [2.05, 4.69) is 0 Å². The van der Waals surface area contributed by atoms with Crippen molar-refractivity contribution in [3.63, 3.8) is 0 Å². The predicted molar refractivity (Wildman–Crippen MR) is 56.0 cm³/mol. The van der Waals surface area contributed by atoms with Crippen LogP contribution in [0.5, 0.6) is 0 Å². The Hall–Kier alpha value is -0.0751. The average Bonchev–Trinajstić information content (AvgIpc) is 2.11. The maximum absolute atomic E-state index is 13.0. The second-order valence-corrected chi connectivity index (χ2v) is 3.71. The van der Waals surface area contributed by atoms with Gasteiger partial charge >= 0.3 is 0 Å². The fourth-order valence-corrected chi connectivity index (χ4v) is 1.36. The van der Waals surface area contributed by atoms with Crippen molar-refractivity contribution in [3.8, 4) is 0 Å². The number of hydrogen-bond acceptors (Lipinski definition) is 0. The van der Waals surface area contributed by atoms with E-state index < -0.39 is 12.1 Å². The van der Waals surface area contributed by atoms with Crippen molar-refractivity contribution in [3.05, 3.63) is 0 Å². The van der Waals surface area contributed by atoms with Crippen LogP contribution in [0.25, 0.3) is 0 Å². The van der Waals surface area contributed by atoms with Crippen molar-refractivity contribution in [1.82, 2.24) is 0 Å². The summed E-state index contributed by atoms with van der Waals surface area (Å²) in [6.07, 6.45) is 2.95. The van der Waals surface area contributed by atoms with Gasteiger partial charge in [-0.3, -0.25) is 8.78 Å². The van der Waals surface area contributed by atoms with Gasteiger partial charge in [0.15, 0.2) is 0 Å². The summed E-state index contributed by atoms with van der Waals surface area (Å²) in [6, 6.07) is 0. The van der Waals surface area contributed by atoms with Crippen LogP contribution in [0.15, 0.2) is 0 Å². The van der Waals surface area contributed by atoms with Crippen LogP contribution >= 0.6 is 0 Å². The number of rotatable bonds is 8. The Kier molecular flexibility index (Phi) is 8.47. The summed E-state index contributed by atoms with van der Waals surface area (Å²) >= 11 is 0. The second kappa shape index (κ2) is 8.52. The molecule has 78 valence electrons. The molecule has 2 unspecified atom stereocenters. The largest absolute Gasteiger partial charge is 0.257 e. The summed E-state index contributed by atoms with van der Waals surface area (Å²) in [4.78, 5) is 0. The van der Waals surface area contributed by atoms with Gasteiger partial charge in [0.1, 0.15) is 0 Å². The lowest BCUT2D eigenvalue weighted by molar-refractivity contribution is 0.360. The number of unbranched alkanes of at least 4 members (excludes halogenated alkanes) is 2. The van der Waals surface area contributed by atoms with Gasteiger partial charge in [-0.1, -0.05) is 39.5 Å². The van der Waals surface area contributed by atoms with Crippen LogP contribution in [0.2, 0.25) is 0 Å². The molecule has 0 aliphatic heterocycles. The molecule has 0 saturated carbocycles. The molecule has 0 rings (SSSR count). The molecule has 0 bridgehead atoms. The zero-order valence-electron chi connectivity index (χ0n) is 8.86. The third-order valence-corrected chi connectivity index (χ3v) is 2.25. The molecule has 0 saturated heterocycles. The Balaban J connectivity index is 3.35. The van der Waals surface area contributed by atoms with Crippen LogP contribution in [0.3, 0.4) is 0 Å². The highest BCUT2D eigenvalue weighted by molar-refractivity contribution is 6.38. The van der Waals surface area contributed by atoms with E-state index >= 15 is 0 Å². The molecule has 13 heavy (non-hydrogen) atoms. The van der Waals surface area contributed by atoms with Crippen molar-refractivity contribution in [1.29, 1.82) is 0 Å². The molecule has 0 nitrogen and oxygen atoms in total. The predicted octanol–water partition coefficient (Wildman–Crippen LogP) is 3.39. The summed E-state index contributed by atoms with van der Waals surface area (Å²) in [5, 5.41) is 0. The minimum absolute atomic E-state index is 0.111. The lowest BCUT2D eigenvalue weighted by Crippen LogP contribution is -2.22. The van der Waals surface area contributed by atoms with E-state index in [1.807, 2.05) is 13.8 Å². The first kappa shape index (κ1) is 12.9. The van der Waals surface area contributed by atoms with E-state index in [4.69, 9.17) is 0 Å². The van der Waals surface area contributed by atoms with Crippen molar-refractivity contribution in [2.75, 3.05) is 0 Å². The lowest BCUT2D eigenvalue weighted by atomic mass is 9.65.